The largest absolute Gasteiger partial charge is 0.489 e. The Hall–Kier alpha value is -1.39. The van der Waals surface area contributed by atoms with Gasteiger partial charge in [0, 0.05) is 16.1 Å². The monoisotopic (exact) mass is 337 g/mol. The molecule has 0 saturated carbocycles. The third-order valence-electron chi connectivity index (χ3n) is 2.97. The van der Waals surface area contributed by atoms with Crippen molar-refractivity contribution in [3.8, 4) is 5.75 Å². The van der Waals surface area contributed by atoms with Crippen molar-refractivity contribution >= 4 is 15.9 Å². The lowest BCUT2D eigenvalue weighted by molar-refractivity contribution is 0.300. The van der Waals surface area contributed by atoms with Gasteiger partial charge < -0.3 is 10.5 Å². The standard InChI is InChI=1S/C16H17BrFNO/c1-10-3-4-16(15(5-10)11(2)19)20-9-12-6-13(17)8-14(18)7-12/h3-8,11H,9,19H2,1-2H3. The van der Waals surface area contributed by atoms with Gasteiger partial charge >= 0.3 is 0 Å². The van der Waals surface area contributed by atoms with Gasteiger partial charge in [0.2, 0.25) is 0 Å². The zero-order valence-corrected chi connectivity index (χ0v) is 13.1. The second kappa shape index (κ2) is 6.37. The summed E-state index contributed by atoms with van der Waals surface area (Å²) < 4.78 is 19.8. The molecule has 0 aliphatic rings. The lowest BCUT2D eigenvalue weighted by atomic mass is 10.1. The molecule has 0 aliphatic carbocycles. The van der Waals surface area contributed by atoms with E-state index in [1.807, 2.05) is 38.1 Å². The number of nitrogens with two attached hydrogens (primary N) is 1. The molecule has 0 saturated heterocycles. The van der Waals surface area contributed by atoms with E-state index >= 15 is 0 Å². The summed E-state index contributed by atoms with van der Waals surface area (Å²) in [4.78, 5) is 0. The van der Waals surface area contributed by atoms with Crippen LogP contribution in [0.1, 0.15) is 29.7 Å². The van der Waals surface area contributed by atoms with Crippen molar-refractivity contribution in [3.05, 3.63) is 63.4 Å². The van der Waals surface area contributed by atoms with Gasteiger partial charge in [-0.05, 0) is 43.7 Å². The number of ether oxygens (including phenoxy) is 1. The van der Waals surface area contributed by atoms with Crippen LogP contribution in [0, 0.1) is 12.7 Å². The molecular formula is C16H17BrFNO. The maximum atomic E-state index is 13.3. The van der Waals surface area contributed by atoms with E-state index < -0.39 is 0 Å². The van der Waals surface area contributed by atoms with E-state index in [0.29, 0.717) is 11.1 Å². The molecule has 2 aromatic carbocycles. The minimum absolute atomic E-state index is 0.107. The Morgan fingerprint density at radius 1 is 1.25 bits per heavy atom. The minimum Gasteiger partial charge on any atom is -0.489 e. The summed E-state index contributed by atoms with van der Waals surface area (Å²) in [5.74, 6) is 0.459. The highest BCUT2D eigenvalue weighted by atomic mass is 79.9. The highest BCUT2D eigenvalue weighted by Gasteiger charge is 2.09. The number of hydrogen-bond acceptors (Lipinski definition) is 2. The molecule has 0 fully saturated rings. The molecule has 0 spiro atoms. The second-order valence-electron chi connectivity index (χ2n) is 4.90. The first-order valence-corrected chi connectivity index (χ1v) is 7.19. The van der Waals surface area contributed by atoms with Crippen molar-refractivity contribution in [1.29, 1.82) is 0 Å². The average Bonchev–Trinajstić information content (AvgIpc) is 2.36. The normalized spacial score (nSPS) is 12.2. The van der Waals surface area contributed by atoms with E-state index in [2.05, 4.69) is 15.9 Å². The molecule has 0 aromatic heterocycles. The maximum absolute atomic E-state index is 13.3. The summed E-state index contributed by atoms with van der Waals surface area (Å²) in [5, 5.41) is 0. The van der Waals surface area contributed by atoms with E-state index in [-0.39, 0.29) is 11.9 Å². The van der Waals surface area contributed by atoms with Crippen LogP contribution >= 0.6 is 15.9 Å². The van der Waals surface area contributed by atoms with Crippen LogP contribution in [0.25, 0.3) is 0 Å². The Bertz CT molecular complexity index is 593. The summed E-state index contributed by atoms with van der Waals surface area (Å²) in [7, 11) is 0. The first kappa shape index (κ1) is 15.0. The minimum atomic E-state index is -0.283. The molecule has 2 N–H and O–H groups in total. The molecule has 0 bridgehead atoms. The van der Waals surface area contributed by atoms with Crippen molar-refractivity contribution in [1.82, 2.24) is 0 Å². The van der Waals surface area contributed by atoms with Crippen LogP contribution < -0.4 is 10.5 Å². The van der Waals surface area contributed by atoms with Crippen LogP contribution in [0.15, 0.2) is 40.9 Å². The maximum Gasteiger partial charge on any atom is 0.124 e. The van der Waals surface area contributed by atoms with Crippen molar-refractivity contribution in [2.45, 2.75) is 26.5 Å². The number of hydrogen-bond donors (Lipinski definition) is 1. The first-order valence-electron chi connectivity index (χ1n) is 6.39. The molecule has 2 aromatic rings. The predicted octanol–water partition coefficient (Wildman–Crippen LogP) is 4.50. The summed E-state index contributed by atoms with van der Waals surface area (Å²) in [6.07, 6.45) is 0. The van der Waals surface area contributed by atoms with Crippen molar-refractivity contribution in [3.63, 3.8) is 0 Å². The number of aryl methyl sites for hydroxylation is 1. The zero-order chi connectivity index (χ0) is 14.7. The first-order chi connectivity index (χ1) is 9.45. The van der Waals surface area contributed by atoms with Crippen LogP contribution in [0.5, 0.6) is 5.75 Å². The summed E-state index contributed by atoms with van der Waals surface area (Å²) in [6, 6.07) is 10.5. The molecular weight excluding hydrogens is 321 g/mol. The highest BCUT2D eigenvalue weighted by molar-refractivity contribution is 9.10. The molecule has 0 aliphatic heterocycles. The molecule has 106 valence electrons. The molecule has 0 amide bonds. The van der Waals surface area contributed by atoms with Crippen LogP contribution in [0.2, 0.25) is 0 Å². The second-order valence-corrected chi connectivity index (χ2v) is 5.81. The van der Waals surface area contributed by atoms with Gasteiger partial charge in [-0.3, -0.25) is 0 Å². The van der Waals surface area contributed by atoms with Crippen LogP contribution in [-0.2, 0) is 6.61 Å². The summed E-state index contributed by atoms with van der Waals surface area (Å²) in [6.45, 7) is 4.24. The van der Waals surface area contributed by atoms with Gasteiger partial charge in [0.1, 0.15) is 18.2 Å². The number of rotatable bonds is 4. The van der Waals surface area contributed by atoms with E-state index in [9.17, 15) is 4.39 Å². The SMILES string of the molecule is Cc1ccc(OCc2cc(F)cc(Br)c2)c(C(C)N)c1. The number of benzene rings is 2. The van der Waals surface area contributed by atoms with Gasteiger partial charge in [-0.15, -0.1) is 0 Å². The molecule has 1 atom stereocenters. The third-order valence-corrected chi connectivity index (χ3v) is 3.43. The van der Waals surface area contributed by atoms with Crippen molar-refractivity contribution < 1.29 is 9.13 Å². The Morgan fingerprint density at radius 2 is 2.00 bits per heavy atom. The third kappa shape index (κ3) is 3.81. The fraction of sp³-hybridized carbons (Fsp3) is 0.250. The van der Waals surface area contributed by atoms with Gasteiger partial charge in [0.15, 0.2) is 0 Å². The fourth-order valence-electron chi connectivity index (χ4n) is 2.01. The van der Waals surface area contributed by atoms with E-state index in [0.717, 1.165) is 22.4 Å². The molecule has 2 nitrogen and oxygen atoms in total. The van der Waals surface area contributed by atoms with Crippen molar-refractivity contribution in [2.24, 2.45) is 5.73 Å². The van der Waals surface area contributed by atoms with Gasteiger partial charge in [0.25, 0.3) is 0 Å². The van der Waals surface area contributed by atoms with Gasteiger partial charge in [-0.25, -0.2) is 4.39 Å². The molecule has 2 rings (SSSR count). The topological polar surface area (TPSA) is 35.2 Å². The van der Waals surface area contributed by atoms with Crippen LogP contribution in [-0.4, -0.2) is 0 Å². The van der Waals surface area contributed by atoms with E-state index in [1.54, 1.807) is 0 Å². The van der Waals surface area contributed by atoms with Gasteiger partial charge in [-0.1, -0.05) is 33.6 Å². The smallest absolute Gasteiger partial charge is 0.124 e. The Morgan fingerprint density at radius 3 is 2.65 bits per heavy atom. The predicted molar refractivity (Wildman–Crippen MR) is 82.2 cm³/mol. The molecule has 4 heteroatoms. The fourth-order valence-corrected chi connectivity index (χ4v) is 2.52. The summed E-state index contributed by atoms with van der Waals surface area (Å²) >= 11 is 3.27. The lowest BCUT2D eigenvalue weighted by Gasteiger charge is -2.15. The molecule has 0 radical (unpaired) electrons. The van der Waals surface area contributed by atoms with Gasteiger partial charge in [-0.2, -0.15) is 0 Å². The van der Waals surface area contributed by atoms with E-state index in [4.69, 9.17) is 10.5 Å². The van der Waals surface area contributed by atoms with Crippen LogP contribution in [0.4, 0.5) is 4.39 Å². The quantitative estimate of drug-likeness (QED) is 0.891. The van der Waals surface area contributed by atoms with Crippen LogP contribution in [0.3, 0.4) is 0 Å². The summed E-state index contributed by atoms with van der Waals surface area (Å²) in [5.41, 5.74) is 8.82. The van der Waals surface area contributed by atoms with Gasteiger partial charge in [0.05, 0.1) is 0 Å². The zero-order valence-electron chi connectivity index (χ0n) is 11.5. The molecule has 1 unspecified atom stereocenters. The lowest BCUT2D eigenvalue weighted by Crippen LogP contribution is -2.08. The average molecular weight is 338 g/mol. The van der Waals surface area contributed by atoms with Crippen molar-refractivity contribution in [2.75, 3.05) is 0 Å². The Balaban J connectivity index is 2.18. The Labute approximate surface area is 126 Å². The number of halogens is 2. The molecule has 0 heterocycles. The Kier molecular flexibility index (Phi) is 4.78. The molecule has 20 heavy (non-hydrogen) atoms. The van der Waals surface area contributed by atoms with E-state index in [1.165, 1.54) is 12.1 Å². The highest BCUT2D eigenvalue weighted by Crippen LogP contribution is 2.26.